The fourth-order valence-corrected chi connectivity index (χ4v) is 6.58. The molecule has 0 bridgehead atoms. The molecule has 6 N–H and O–H groups in total. The lowest BCUT2D eigenvalue weighted by molar-refractivity contribution is -0.144. The molecule has 2 amide bonds. The summed E-state index contributed by atoms with van der Waals surface area (Å²) in [5, 5.41) is 35.1. The number of Topliss-reactive ketones (excluding diaryl/α,β-unsaturated/α-hetero) is 3. The summed E-state index contributed by atoms with van der Waals surface area (Å²) in [6.07, 6.45) is 19.9. The predicted octanol–water partition coefficient (Wildman–Crippen LogP) is 5.75. The van der Waals surface area contributed by atoms with Gasteiger partial charge in [-0.05, 0) is 65.8 Å². The van der Waals surface area contributed by atoms with Crippen molar-refractivity contribution in [1.82, 2.24) is 16.0 Å². The predicted molar refractivity (Wildman–Crippen MR) is 245 cm³/mol. The largest absolute Gasteiger partial charge is 0.481 e. The highest BCUT2D eigenvalue weighted by atomic mass is 16.5. The van der Waals surface area contributed by atoms with E-state index < -0.39 is 24.5 Å². The molecular formula is C47H87N3O14. The topological polar surface area (TPSA) is 253 Å². The van der Waals surface area contributed by atoms with E-state index in [2.05, 4.69) is 16.0 Å². The third-order valence-corrected chi connectivity index (χ3v) is 10.4. The van der Waals surface area contributed by atoms with Crippen molar-refractivity contribution in [1.29, 1.82) is 0 Å². The molecular weight excluding hydrogens is 831 g/mol. The number of carbonyl (C=O) groups excluding carboxylic acids is 5. The van der Waals surface area contributed by atoms with Crippen molar-refractivity contribution in [2.75, 3.05) is 79.6 Å². The minimum absolute atomic E-state index is 0.00386. The van der Waals surface area contributed by atoms with Crippen molar-refractivity contribution >= 4 is 41.1 Å². The molecule has 374 valence electrons. The first-order valence-corrected chi connectivity index (χ1v) is 24.0. The number of unbranched alkanes of at least 4 members (excludes halogenated alkanes) is 14. The van der Waals surface area contributed by atoms with E-state index in [0.717, 1.165) is 51.4 Å². The van der Waals surface area contributed by atoms with Crippen LogP contribution in [-0.4, -0.2) is 142 Å². The number of carboxylic acid groups (broad SMARTS) is 2. The third kappa shape index (κ3) is 45.2. The van der Waals surface area contributed by atoms with Gasteiger partial charge in [0, 0.05) is 65.0 Å². The van der Waals surface area contributed by atoms with E-state index in [0.29, 0.717) is 84.8 Å². The van der Waals surface area contributed by atoms with E-state index in [1.54, 1.807) is 7.05 Å². The molecule has 0 fully saturated rings. The van der Waals surface area contributed by atoms with Crippen LogP contribution in [0.2, 0.25) is 0 Å². The number of hydrogen-bond acceptors (Lipinski definition) is 13. The zero-order valence-electron chi connectivity index (χ0n) is 39.7. The van der Waals surface area contributed by atoms with Gasteiger partial charge < -0.3 is 50.2 Å². The van der Waals surface area contributed by atoms with Gasteiger partial charge in [0.2, 0.25) is 11.8 Å². The van der Waals surface area contributed by atoms with Crippen molar-refractivity contribution in [3.05, 3.63) is 0 Å². The van der Waals surface area contributed by atoms with E-state index in [9.17, 15) is 38.7 Å². The number of nitrogens with one attached hydrogen (secondary N) is 3. The Morgan fingerprint density at radius 1 is 0.500 bits per heavy atom. The molecule has 17 nitrogen and oxygen atoms in total. The second kappa shape index (κ2) is 47.6. The Hall–Kier alpha value is -3.35. The highest BCUT2D eigenvalue weighted by Crippen LogP contribution is 2.17. The van der Waals surface area contributed by atoms with Crippen LogP contribution < -0.4 is 16.0 Å². The van der Waals surface area contributed by atoms with Gasteiger partial charge >= 0.3 is 11.9 Å². The number of ketones is 3. The Kier molecular flexibility index (Phi) is 46.7. The van der Waals surface area contributed by atoms with Gasteiger partial charge in [0.05, 0.1) is 31.8 Å². The number of aliphatic carboxylic acids is 2. The molecule has 0 aliphatic rings. The van der Waals surface area contributed by atoms with E-state index in [4.69, 9.17) is 29.2 Å². The molecule has 0 rings (SSSR count). The average molecular weight is 918 g/mol. The first-order chi connectivity index (χ1) is 30.9. The lowest BCUT2D eigenvalue weighted by Crippen LogP contribution is -2.36. The zero-order valence-corrected chi connectivity index (χ0v) is 39.7. The minimum atomic E-state index is -1.01. The SMILES string of the molecule is CCOCC(=O)CCCOCCOCC(=O)NCCCC[C@H](NC)C(=O)CO.CCOCCNC(=O)CC[C@H](CC(=O)CCCCCCCCCCCCCCCCC(=O)O)C(=O)O. The van der Waals surface area contributed by atoms with Gasteiger partial charge in [-0.3, -0.25) is 33.6 Å². The molecule has 0 aromatic rings. The molecule has 0 aliphatic carbocycles. The maximum absolute atomic E-state index is 12.2. The summed E-state index contributed by atoms with van der Waals surface area (Å²) in [4.78, 5) is 80.3. The van der Waals surface area contributed by atoms with Crippen LogP contribution >= 0.6 is 0 Å². The molecule has 0 aliphatic heterocycles. The second-order valence-corrected chi connectivity index (χ2v) is 16.0. The molecule has 0 radical (unpaired) electrons. The summed E-state index contributed by atoms with van der Waals surface area (Å²) < 4.78 is 20.7. The highest BCUT2D eigenvalue weighted by molar-refractivity contribution is 5.85. The molecule has 0 spiro atoms. The van der Waals surface area contributed by atoms with Crippen LogP contribution in [0, 0.1) is 5.92 Å². The maximum atomic E-state index is 12.2. The van der Waals surface area contributed by atoms with Crippen molar-refractivity contribution in [2.24, 2.45) is 5.92 Å². The minimum Gasteiger partial charge on any atom is -0.481 e. The Balaban J connectivity index is 0. The summed E-state index contributed by atoms with van der Waals surface area (Å²) in [6, 6.07) is -0.341. The molecule has 0 saturated heterocycles. The first kappa shape index (κ1) is 62.7. The third-order valence-electron chi connectivity index (χ3n) is 10.4. The van der Waals surface area contributed by atoms with Gasteiger partial charge in [0.25, 0.3) is 0 Å². The molecule has 0 unspecified atom stereocenters. The Morgan fingerprint density at radius 3 is 1.59 bits per heavy atom. The Morgan fingerprint density at radius 2 is 1.05 bits per heavy atom. The van der Waals surface area contributed by atoms with Crippen molar-refractivity contribution in [2.45, 2.75) is 174 Å². The standard InChI is InChI=1S/C28H51NO7.C19H36N2O7/c1-2-36-22-21-29-26(31)20-19-24(28(34)35)23-25(30)17-15-13-11-9-7-5-3-4-6-8-10-12-14-16-18-27(32)33;1-3-26-14-16(23)7-6-10-27-11-12-28-15-19(25)21-9-5-4-8-17(20-2)18(24)13-22/h24H,2-23H2,1H3,(H,29,31)(H,32,33)(H,34,35);17,20,22H,3-15H2,1-2H3,(H,21,25)/t24-;17-/m10/s1. The van der Waals surface area contributed by atoms with Gasteiger partial charge in [0.1, 0.15) is 25.6 Å². The number of carboxylic acids is 2. The first-order valence-electron chi connectivity index (χ1n) is 24.0. The number of amides is 2. The van der Waals surface area contributed by atoms with Crippen molar-refractivity contribution in [3.63, 3.8) is 0 Å². The van der Waals surface area contributed by atoms with E-state index >= 15 is 0 Å². The van der Waals surface area contributed by atoms with Crippen LogP contribution in [-0.2, 0) is 52.5 Å². The van der Waals surface area contributed by atoms with Crippen LogP contribution in [0.3, 0.4) is 0 Å². The lowest BCUT2D eigenvalue weighted by Gasteiger charge is -2.13. The molecule has 17 heteroatoms. The zero-order chi connectivity index (χ0) is 47.9. The second-order valence-electron chi connectivity index (χ2n) is 16.0. The summed E-state index contributed by atoms with van der Waals surface area (Å²) in [6.45, 7) is 7.02. The number of ether oxygens (including phenoxy) is 4. The fourth-order valence-electron chi connectivity index (χ4n) is 6.58. The number of aliphatic hydroxyl groups is 1. The van der Waals surface area contributed by atoms with Gasteiger partial charge in [-0.1, -0.05) is 77.0 Å². The van der Waals surface area contributed by atoms with Crippen molar-refractivity contribution < 1.29 is 67.8 Å². The number of rotatable bonds is 47. The van der Waals surface area contributed by atoms with Crippen LogP contribution in [0.5, 0.6) is 0 Å². The van der Waals surface area contributed by atoms with Gasteiger partial charge in [-0.15, -0.1) is 0 Å². The molecule has 0 aromatic heterocycles. The van der Waals surface area contributed by atoms with Gasteiger partial charge in [0.15, 0.2) is 11.6 Å². The van der Waals surface area contributed by atoms with Crippen molar-refractivity contribution in [3.8, 4) is 0 Å². The number of likely N-dealkylation sites (N-methyl/N-ethyl adjacent to an activating group) is 1. The highest BCUT2D eigenvalue weighted by Gasteiger charge is 2.22. The lowest BCUT2D eigenvalue weighted by atomic mass is 9.94. The monoisotopic (exact) mass is 918 g/mol. The molecule has 0 aromatic carbocycles. The Bertz CT molecular complexity index is 1210. The van der Waals surface area contributed by atoms with E-state index in [1.807, 2.05) is 13.8 Å². The summed E-state index contributed by atoms with van der Waals surface area (Å²) in [5.41, 5.74) is 0. The molecule has 0 heterocycles. The van der Waals surface area contributed by atoms with Crippen LogP contribution in [0.25, 0.3) is 0 Å². The number of aliphatic hydroxyl groups excluding tert-OH is 1. The van der Waals surface area contributed by atoms with Gasteiger partial charge in [-0.25, -0.2) is 0 Å². The summed E-state index contributed by atoms with van der Waals surface area (Å²) in [7, 11) is 1.68. The average Bonchev–Trinajstić information content (AvgIpc) is 3.27. The Labute approximate surface area is 383 Å². The van der Waals surface area contributed by atoms with E-state index in [-0.39, 0.29) is 67.7 Å². The normalized spacial score (nSPS) is 11.9. The smallest absolute Gasteiger partial charge is 0.306 e. The number of carbonyl (C=O) groups is 7. The maximum Gasteiger partial charge on any atom is 0.306 e. The van der Waals surface area contributed by atoms with Crippen LogP contribution in [0.4, 0.5) is 0 Å². The summed E-state index contributed by atoms with van der Waals surface area (Å²) in [5.74, 6) is -3.10. The quantitative estimate of drug-likeness (QED) is 0.0398. The van der Waals surface area contributed by atoms with E-state index in [1.165, 1.54) is 51.4 Å². The molecule has 64 heavy (non-hydrogen) atoms. The van der Waals surface area contributed by atoms with Gasteiger partial charge in [-0.2, -0.15) is 0 Å². The van der Waals surface area contributed by atoms with Crippen LogP contribution in [0.15, 0.2) is 0 Å². The molecule has 2 atom stereocenters. The van der Waals surface area contributed by atoms with Crippen LogP contribution in [0.1, 0.15) is 168 Å². The fraction of sp³-hybridized carbons (Fsp3) is 0.851. The summed E-state index contributed by atoms with van der Waals surface area (Å²) >= 11 is 0. The number of hydrogen-bond donors (Lipinski definition) is 6. The molecule has 0 saturated carbocycles.